The average molecular weight is 790 g/mol. The minimum absolute atomic E-state index is 0.0489. The molecule has 1 aromatic carbocycles. The van der Waals surface area contributed by atoms with E-state index in [0.29, 0.717) is 51.1 Å². The van der Waals surface area contributed by atoms with E-state index in [0.717, 1.165) is 13.1 Å². The van der Waals surface area contributed by atoms with Crippen molar-refractivity contribution in [3.8, 4) is 0 Å². The number of halogens is 1. The van der Waals surface area contributed by atoms with Crippen LogP contribution < -0.4 is 5.32 Å². The molecule has 1 aromatic rings. The van der Waals surface area contributed by atoms with Gasteiger partial charge in [0.1, 0.15) is 17.7 Å². The number of nitrogens with one attached hydrogen (secondary N) is 1. The molecule has 0 radical (unpaired) electrons. The van der Waals surface area contributed by atoms with Crippen molar-refractivity contribution in [1.82, 2.24) is 20.0 Å². The van der Waals surface area contributed by atoms with E-state index in [1.165, 1.54) is 12.0 Å². The molecule has 2 N–H and O–H groups in total. The smallest absolute Gasteiger partial charge is 0.313 e. The van der Waals surface area contributed by atoms with Crippen molar-refractivity contribution in [2.75, 3.05) is 66.3 Å². The van der Waals surface area contributed by atoms with Crippen LogP contribution in [0.25, 0.3) is 0 Å². The zero-order valence-electron chi connectivity index (χ0n) is 30.2. The number of aliphatic hydroxyl groups is 1. The zero-order valence-corrected chi connectivity index (χ0v) is 31.8. The number of hydrogen-bond donors (Lipinski definition) is 2. The number of allylic oxidation sites excluding steroid dienone is 1. The predicted molar refractivity (Wildman–Crippen MR) is 196 cm³/mol. The second-order valence-electron chi connectivity index (χ2n) is 13.9. The number of ether oxygens (including phenoxy) is 4. The molecule has 14 heteroatoms. The highest BCUT2D eigenvalue weighted by molar-refractivity contribution is 9.09. The summed E-state index contributed by atoms with van der Waals surface area (Å²) in [5.41, 5.74) is -0.708. The lowest BCUT2D eigenvalue weighted by molar-refractivity contribution is -0.163. The van der Waals surface area contributed by atoms with Crippen molar-refractivity contribution in [1.29, 1.82) is 0 Å². The summed E-state index contributed by atoms with van der Waals surface area (Å²) < 4.78 is 24.0. The van der Waals surface area contributed by atoms with Gasteiger partial charge in [0.2, 0.25) is 17.7 Å². The number of methoxy groups -OCH3 is 1. The van der Waals surface area contributed by atoms with E-state index in [9.17, 15) is 24.3 Å². The van der Waals surface area contributed by atoms with Crippen LogP contribution in [-0.4, -0.2) is 144 Å². The summed E-state index contributed by atoms with van der Waals surface area (Å²) in [6.45, 7) is 13.1. The fourth-order valence-electron chi connectivity index (χ4n) is 8.26. The molecule has 52 heavy (non-hydrogen) atoms. The first kappa shape index (κ1) is 40.1. The number of carbonyl (C=O) groups excluding carboxylic acids is 4. The van der Waals surface area contributed by atoms with E-state index in [2.05, 4.69) is 39.3 Å². The van der Waals surface area contributed by atoms with Crippen molar-refractivity contribution in [3.05, 3.63) is 61.2 Å². The van der Waals surface area contributed by atoms with E-state index < -0.39 is 59.6 Å². The highest BCUT2D eigenvalue weighted by Gasteiger charge is 2.77. The number of carbonyl (C=O) groups is 4. The number of amides is 3. The van der Waals surface area contributed by atoms with E-state index in [-0.39, 0.29) is 42.8 Å². The van der Waals surface area contributed by atoms with Crippen molar-refractivity contribution >= 4 is 39.6 Å². The SMILES string of the molecule is C=CCCC(=O)N[C@@H](COC)[C@@H](OC(=O)[C@H]1[C@@H]2O[C@@]3(CC2Br)[C@@H]1C(=O)N([C@@H](CC)CO)[C@@H]3C(=O)N(CC=C)CCN1CCOCC1)c1ccccc1. The van der Waals surface area contributed by atoms with Gasteiger partial charge in [-0.25, -0.2) is 0 Å². The fourth-order valence-corrected chi connectivity index (χ4v) is 9.20. The lowest BCUT2D eigenvalue weighted by Crippen LogP contribution is -2.59. The minimum atomic E-state index is -1.34. The topological polar surface area (TPSA) is 147 Å². The van der Waals surface area contributed by atoms with Gasteiger partial charge in [0.15, 0.2) is 0 Å². The Labute approximate surface area is 314 Å². The monoisotopic (exact) mass is 788 g/mol. The minimum Gasteiger partial charge on any atom is -0.455 e. The summed E-state index contributed by atoms with van der Waals surface area (Å²) in [6, 6.07) is 6.57. The lowest BCUT2D eigenvalue weighted by atomic mass is 9.70. The molecule has 2 bridgehead atoms. The molecule has 5 rings (SSSR count). The van der Waals surface area contributed by atoms with Crippen LogP contribution in [0, 0.1) is 11.8 Å². The normalized spacial score (nSPS) is 28.5. The molecule has 4 fully saturated rings. The van der Waals surface area contributed by atoms with Crippen molar-refractivity contribution < 1.29 is 43.2 Å². The standard InChI is InChI=1S/C38H53BrN4O9/c1-5-8-14-29(45)40-28(24-49-4)32(25-12-10-9-11-13-25)51-37(48)30-31-35(46)43(26(7-3)23-44)34(38(31)22-27(39)33(30)52-38)36(47)42(15-6-2)17-16-41-18-20-50-21-19-41/h5-6,9-13,26-28,30-34,44H,1-2,7-8,14-24H2,3-4H3,(H,40,45)/t26-,27?,28-,30+,31-,32-,33+,34+,38-/m0/s1. The lowest BCUT2D eigenvalue weighted by Gasteiger charge is -2.39. The molecule has 4 saturated heterocycles. The molecule has 0 aliphatic carbocycles. The third kappa shape index (κ3) is 8.17. The van der Waals surface area contributed by atoms with E-state index in [4.69, 9.17) is 18.9 Å². The predicted octanol–water partition coefficient (Wildman–Crippen LogP) is 2.23. The molecule has 3 amide bonds. The number of aliphatic hydroxyl groups excluding tert-OH is 1. The van der Waals surface area contributed by atoms with Crippen molar-refractivity contribution in [2.24, 2.45) is 11.8 Å². The van der Waals surface area contributed by atoms with Crippen LogP contribution in [0.15, 0.2) is 55.6 Å². The number of hydrogen-bond acceptors (Lipinski definition) is 10. The third-order valence-corrected chi connectivity index (χ3v) is 11.6. The molecule has 13 nitrogen and oxygen atoms in total. The molecule has 4 heterocycles. The summed E-state index contributed by atoms with van der Waals surface area (Å²) in [6.07, 6.45) is 2.98. The maximum Gasteiger partial charge on any atom is 0.313 e. The summed E-state index contributed by atoms with van der Waals surface area (Å²) in [4.78, 5) is 62.0. The highest BCUT2D eigenvalue weighted by atomic mass is 79.9. The largest absolute Gasteiger partial charge is 0.455 e. The van der Waals surface area contributed by atoms with Crippen LogP contribution in [0.1, 0.15) is 44.3 Å². The Morgan fingerprint density at radius 2 is 1.92 bits per heavy atom. The van der Waals surface area contributed by atoms with Crippen LogP contribution in [0.5, 0.6) is 0 Å². The molecule has 9 atom stereocenters. The van der Waals surface area contributed by atoms with E-state index in [1.807, 2.05) is 25.1 Å². The molecule has 1 unspecified atom stereocenters. The van der Waals surface area contributed by atoms with Crippen LogP contribution in [0.2, 0.25) is 0 Å². The maximum absolute atomic E-state index is 14.8. The number of likely N-dealkylation sites (tertiary alicyclic amines) is 1. The molecule has 4 aliphatic rings. The Hall–Kier alpha value is -3.14. The molecule has 0 aromatic heterocycles. The average Bonchev–Trinajstić information content (AvgIpc) is 3.75. The summed E-state index contributed by atoms with van der Waals surface area (Å²) in [5.74, 6) is -3.75. The zero-order chi connectivity index (χ0) is 37.4. The second-order valence-corrected chi connectivity index (χ2v) is 15.1. The number of alkyl halides is 1. The van der Waals surface area contributed by atoms with Gasteiger partial charge >= 0.3 is 5.97 Å². The first-order valence-electron chi connectivity index (χ1n) is 18.2. The molecule has 0 saturated carbocycles. The van der Waals surface area contributed by atoms with Gasteiger partial charge in [-0.2, -0.15) is 0 Å². The van der Waals surface area contributed by atoms with Crippen LogP contribution in [0.3, 0.4) is 0 Å². The fraction of sp³-hybridized carbons (Fsp3) is 0.632. The number of morpholine rings is 1. The Bertz CT molecular complexity index is 1420. The number of fused-ring (bicyclic) bond motifs is 1. The number of esters is 1. The molecule has 4 aliphatic heterocycles. The first-order valence-corrected chi connectivity index (χ1v) is 19.2. The Morgan fingerprint density at radius 1 is 1.19 bits per heavy atom. The van der Waals surface area contributed by atoms with Gasteiger partial charge in [-0.3, -0.25) is 24.1 Å². The molecule has 1 spiro atoms. The van der Waals surface area contributed by atoms with E-state index in [1.54, 1.807) is 29.2 Å². The Morgan fingerprint density at radius 3 is 2.56 bits per heavy atom. The van der Waals surface area contributed by atoms with Gasteiger partial charge in [0.05, 0.1) is 56.5 Å². The Kier molecular flexibility index (Phi) is 14.1. The number of rotatable bonds is 19. The number of benzene rings is 1. The van der Waals surface area contributed by atoms with Crippen molar-refractivity contribution in [2.45, 2.75) is 73.4 Å². The van der Waals surface area contributed by atoms with Gasteiger partial charge in [-0.15, -0.1) is 13.2 Å². The second kappa shape index (κ2) is 18.3. The van der Waals surface area contributed by atoms with Gasteiger partial charge < -0.3 is 39.2 Å². The molecular formula is C38H53BrN4O9. The van der Waals surface area contributed by atoms with E-state index >= 15 is 0 Å². The van der Waals surface area contributed by atoms with Gasteiger partial charge in [-0.05, 0) is 24.8 Å². The maximum atomic E-state index is 14.8. The van der Waals surface area contributed by atoms with Gasteiger partial charge in [0.25, 0.3) is 0 Å². The Balaban J connectivity index is 1.48. The quantitative estimate of drug-likeness (QED) is 0.122. The first-order chi connectivity index (χ1) is 25.1. The number of nitrogens with zero attached hydrogens (tertiary/aromatic N) is 3. The van der Waals surface area contributed by atoms with Gasteiger partial charge in [-0.1, -0.05) is 65.3 Å². The molecular weight excluding hydrogens is 736 g/mol. The third-order valence-electron chi connectivity index (χ3n) is 10.8. The van der Waals surface area contributed by atoms with Crippen LogP contribution in [-0.2, 0) is 38.1 Å². The van der Waals surface area contributed by atoms with Crippen LogP contribution in [0.4, 0.5) is 0 Å². The summed E-state index contributed by atoms with van der Waals surface area (Å²) in [7, 11) is 1.50. The van der Waals surface area contributed by atoms with Gasteiger partial charge in [0, 0.05) is 51.1 Å². The van der Waals surface area contributed by atoms with Crippen molar-refractivity contribution in [3.63, 3.8) is 0 Å². The molecule has 286 valence electrons. The van der Waals surface area contributed by atoms with Crippen LogP contribution >= 0.6 is 15.9 Å². The summed E-state index contributed by atoms with van der Waals surface area (Å²) >= 11 is 3.74. The highest BCUT2D eigenvalue weighted by Crippen LogP contribution is 2.61. The summed E-state index contributed by atoms with van der Waals surface area (Å²) in [5, 5.41) is 13.5.